The van der Waals surface area contributed by atoms with E-state index in [4.69, 9.17) is 9.15 Å². The summed E-state index contributed by atoms with van der Waals surface area (Å²) in [5.41, 5.74) is 0.234. The molecular formula is C14H18N2O5S. The minimum absolute atomic E-state index is 0.114. The van der Waals surface area contributed by atoms with Gasteiger partial charge < -0.3 is 9.15 Å². The van der Waals surface area contributed by atoms with Gasteiger partial charge in [-0.25, -0.2) is 13.2 Å². The van der Waals surface area contributed by atoms with Crippen LogP contribution in [0.3, 0.4) is 0 Å². The molecule has 2 heterocycles. The maximum Gasteiger partial charge on any atom is 0.417 e. The number of aromatic nitrogens is 1. The van der Waals surface area contributed by atoms with Crippen molar-refractivity contribution in [1.29, 1.82) is 0 Å². The molecule has 1 N–H and O–H groups in total. The van der Waals surface area contributed by atoms with Gasteiger partial charge in [-0.3, -0.25) is 4.98 Å². The Bertz CT molecular complexity index is 853. The lowest BCUT2D eigenvalue weighted by molar-refractivity contribution is -0.0787. The Kier molecular flexibility index (Phi) is 3.62. The van der Waals surface area contributed by atoms with Crippen molar-refractivity contribution in [1.82, 2.24) is 9.29 Å². The summed E-state index contributed by atoms with van der Waals surface area (Å²) in [7, 11) is -3.65. The number of hydrogen-bond donors (Lipinski definition) is 1. The van der Waals surface area contributed by atoms with E-state index in [0.29, 0.717) is 25.2 Å². The molecule has 8 heteroatoms. The summed E-state index contributed by atoms with van der Waals surface area (Å²) in [6, 6.07) is 4.38. The van der Waals surface area contributed by atoms with Gasteiger partial charge >= 0.3 is 5.76 Å². The zero-order chi connectivity index (χ0) is 16.0. The fourth-order valence-corrected chi connectivity index (χ4v) is 4.10. The molecule has 120 valence electrons. The molecule has 2 aromatic rings. The molecule has 1 saturated heterocycles. The highest BCUT2D eigenvalue weighted by Crippen LogP contribution is 2.27. The van der Waals surface area contributed by atoms with Gasteiger partial charge in [-0.05, 0) is 25.5 Å². The number of fused-ring (bicyclic) bond motifs is 1. The number of ether oxygens (including phenoxy) is 1. The van der Waals surface area contributed by atoms with Crippen LogP contribution in [0.2, 0.25) is 0 Å². The van der Waals surface area contributed by atoms with E-state index in [0.717, 1.165) is 6.42 Å². The van der Waals surface area contributed by atoms with Crippen LogP contribution in [0.4, 0.5) is 0 Å². The average Bonchev–Trinajstić information content (AvgIpc) is 2.86. The molecule has 1 fully saturated rings. The maximum atomic E-state index is 12.8. The van der Waals surface area contributed by atoms with E-state index >= 15 is 0 Å². The van der Waals surface area contributed by atoms with Crippen molar-refractivity contribution in [3.8, 4) is 0 Å². The third-order valence-electron chi connectivity index (χ3n) is 4.08. The minimum Gasteiger partial charge on any atom is -0.408 e. The number of H-pyrrole nitrogens is 1. The number of hydrogen-bond acceptors (Lipinski definition) is 5. The number of nitrogens with zero attached hydrogens (tertiary/aromatic N) is 1. The lowest BCUT2D eigenvalue weighted by atomic mass is 10.0. The molecule has 1 aliphatic rings. The number of aromatic amines is 1. The van der Waals surface area contributed by atoms with Crippen LogP contribution in [0.1, 0.15) is 20.3 Å². The van der Waals surface area contributed by atoms with Gasteiger partial charge in [0.25, 0.3) is 0 Å². The molecule has 0 spiro atoms. The van der Waals surface area contributed by atoms with Gasteiger partial charge in [0, 0.05) is 19.2 Å². The highest BCUT2D eigenvalue weighted by Gasteiger charge is 2.36. The highest BCUT2D eigenvalue weighted by atomic mass is 32.2. The predicted molar refractivity (Wildman–Crippen MR) is 80.2 cm³/mol. The molecule has 0 saturated carbocycles. The van der Waals surface area contributed by atoms with Gasteiger partial charge in [-0.2, -0.15) is 4.31 Å². The molecule has 22 heavy (non-hydrogen) atoms. The molecule has 1 aliphatic heterocycles. The largest absolute Gasteiger partial charge is 0.417 e. The van der Waals surface area contributed by atoms with Gasteiger partial charge in [0.1, 0.15) is 0 Å². The third kappa shape index (κ3) is 2.57. The Morgan fingerprint density at radius 2 is 2.18 bits per heavy atom. The number of benzene rings is 1. The van der Waals surface area contributed by atoms with Crippen LogP contribution in [-0.4, -0.2) is 43.0 Å². The number of sulfonamides is 1. The van der Waals surface area contributed by atoms with Crippen molar-refractivity contribution in [3.05, 3.63) is 28.7 Å². The molecule has 7 nitrogen and oxygen atoms in total. The van der Waals surface area contributed by atoms with Gasteiger partial charge in [0.2, 0.25) is 10.0 Å². The molecule has 1 aromatic heterocycles. The Hall–Kier alpha value is -1.64. The molecular weight excluding hydrogens is 308 g/mol. The SMILES string of the molecule is CCC1(C)CN(S(=O)(=O)c2ccc3[nH]c(=O)oc3c2)CCO1. The van der Waals surface area contributed by atoms with E-state index in [1.165, 1.54) is 22.5 Å². The summed E-state index contributed by atoms with van der Waals surface area (Å²) in [6.45, 7) is 4.86. The number of nitrogens with one attached hydrogen (secondary N) is 1. The van der Waals surface area contributed by atoms with Gasteiger partial charge in [0.15, 0.2) is 5.58 Å². The van der Waals surface area contributed by atoms with E-state index in [1.807, 2.05) is 13.8 Å². The number of morpholine rings is 1. The van der Waals surface area contributed by atoms with Crippen molar-refractivity contribution in [2.45, 2.75) is 30.8 Å². The average molecular weight is 326 g/mol. The van der Waals surface area contributed by atoms with Crippen LogP contribution < -0.4 is 5.76 Å². The molecule has 3 rings (SSSR count). The van der Waals surface area contributed by atoms with Gasteiger partial charge in [0.05, 0.1) is 22.6 Å². The number of oxazole rings is 1. The third-order valence-corrected chi connectivity index (χ3v) is 5.92. The lowest BCUT2D eigenvalue weighted by Crippen LogP contribution is -2.51. The fourth-order valence-electron chi connectivity index (χ4n) is 2.55. The maximum absolute atomic E-state index is 12.8. The molecule has 0 bridgehead atoms. The molecule has 1 atom stereocenters. The Labute approximate surface area is 127 Å². The lowest BCUT2D eigenvalue weighted by Gasteiger charge is -2.39. The van der Waals surface area contributed by atoms with Crippen molar-refractivity contribution in [2.24, 2.45) is 0 Å². The monoisotopic (exact) mass is 326 g/mol. The van der Waals surface area contributed by atoms with Crippen LogP contribution >= 0.6 is 0 Å². The first kappa shape index (κ1) is 15.3. The van der Waals surface area contributed by atoms with Crippen LogP contribution in [0, 0.1) is 0 Å². The zero-order valence-corrected chi connectivity index (χ0v) is 13.3. The first-order valence-corrected chi connectivity index (χ1v) is 8.55. The molecule has 0 radical (unpaired) electrons. The molecule has 0 aliphatic carbocycles. The Balaban J connectivity index is 1.98. The molecule has 1 aromatic carbocycles. The van der Waals surface area contributed by atoms with Crippen molar-refractivity contribution in [3.63, 3.8) is 0 Å². The first-order chi connectivity index (χ1) is 10.3. The van der Waals surface area contributed by atoms with Crippen molar-refractivity contribution in [2.75, 3.05) is 19.7 Å². The van der Waals surface area contributed by atoms with Crippen molar-refractivity contribution >= 4 is 21.1 Å². The topological polar surface area (TPSA) is 92.6 Å². The van der Waals surface area contributed by atoms with E-state index in [9.17, 15) is 13.2 Å². The standard InChI is InChI=1S/C14H18N2O5S/c1-3-14(2)9-16(6-7-20-14)22(18,19)10-4-5-11-12(8-10)21-13(17)15-11/h4-5,8H,3,6-7,9H2,1-2H3,(H,15,17). The summed E-state index contributed by atoms with van der Waals surface area (Å²) >= 11 is 0. The predicted octanol–water partition coefficient (Wildman–Crippen LogP) is 1.31. The summed E-state index contributed by atoms with van der Waals surface area (Å²) in [6.07, 6.45) is 0.727. The minimum atomic E-state index is -3.65. The summed E-state index contributed by atoms with van der Waals surface area (Å²) in [5, 5.41) is 0. The second-order valence-corrected chi connectivity index (χ2v) is 7.60. The number of rotatable bonds is 3. The normalized spacial score (nSPS) is 23.9. The molecule has 1 unspecified atom stereocenters. The van der Waals surface area contributed by atoms with Crippen LogP contribution in [-0.2, 0) is 14.8 Å². The van der Waals surface area contributed by atoms with Gasteiger partial charge in [-0.1, -0.05) is 6.92 Å². The van der Waals surface area contributed by atoms with Crippen LogP contribution in [0.5, 0.6) is 0 Å². The van der Waals surface area contributed by atoms with E-state index in [2.05, 4.69) is 4.98 Å². The Morgan fingerprint density at radius 3 is 2.91 bits per heavy atom. The quantitative estimate of drug-likeness (QED) is 0.918. The smallest absolute Gasteiger partial charge is 0.408 e. The summed E-state index contributed by atoms with van der Waals surface area (Å²) < 4.78 is 37.6. The highest BCUT2D eigenvalue weighted by molar-refractivity contribution is 7.89. The first-order valence-electron chi connectivity index (χ1n) is 7.11. The van der Waals surface area contributed by atoms with Crippen molar-refractivity contribution < 1.29 is 17.6 Å². The summed E-state index contributed by atoms with van der Waals surface area (Å²) in [5.74, 6) is -0.602. The van der Waals surface area contributed by atoms with Gasteiger partial charge in [-0.15, -0.1) is 0 Å². The fraction of sp³-hybridized carbons (Fsp3) is 0.500. The van der Waals surface area contributed by atoms with Crippen LogP contribution in [0.25, 0.3) is 11.1 Å². The van der Waals surface area contributed by atoms with E-state index in [1.54, 1.807) is 0 Å². The zero-order valence-electron chi connectivity index (χ0n) is 12.5. The second-order valence-electron chi connectivity index (χ2n) is 5.66. The van der Waals surface area contributed by atoms with E-state index in [-0.39, 0.29) is 10.5 Å². The Morgan fingerprint density at radius 1 is 1.41 bits per heavy atom. The second kappa shape index (κ2) is 5.22. The molecule has 0 amide bonds. The van der Waals surface area contributed by atoms with E-state index < -0.39 is 21.4 Å². The summed E-state index contributed by atoms with van der Waals surface area (Å²) in [4.78, 5) is 13.8. The van der Waals surface area contributed by atoms with Crippen LogP contribution in [0.15, 0.2) is 32.3 Å².